The SMILES string of the molecule is COB(C)O. The van der Waals surface area contributed by atoms with Crippen LogP contribution in [-0.4, -0.2) is 19.3 Å². The lowest BCUT2D eigenvalue weighted by Gasteiger charge is -1.87. The third-order valence-electron chi connectivity index (χ3n) is 0.341. The number of hydrogen-bond acceptors (Lipinski definition) is 2. The first kappa shape index (κ1) is 4.98. The minimum atomic E-state index is -0.616. The third kappa shape index (κ3) is 3.98. The highest BCUT2D eigenvalue weighted by atomic mass is 16.5. The van der Waals surface area contributed by atoms with Gasteiger partial charge in [-0.05, 0) is 6.82 Å². The summed E-state index contributed by atoms with van der Waals surface area (Å²) in [5.41, 5.74) is 0. The summed E-state index contributed by atoms with van der Waals surface area (Å²) in [6, 6.07) is 0. The summed E-state index contributed by atoms with van der Waals surface area (Å²) in [7, 11) is 0.833. The predicted octanol–water partition coefficient (Wildman–Crippen LogP) is -0.257. The Hall–Kier alpha value is -0.0151. The van der Waals surface area contributed by atoms with E-state index in [2.05, 4.69) is 4.65 Å². The predicted molar refractivity (Wildman–Crippen MR) is 20.8 cm³/mol. The van der Waals surface area contributed by atoms with Crippen molar-refractivity contribution in [3.8, 4) is 0 Å². The third-order valence-corrected chi connectivity index (χ3v) is 0.341. The summed E-state index contributed by atoms with van der Waals surface area (Å²) in [4.78, 5) is 0. The Morgan fingerprint density at radius 3 is 2.00 bits per heavy atom. The van der Waals surface area contributed by atoms with Gasteiger partial charge in [-0.1, -0.05) is 0 Å². The molecular formula is C2H7BO2. The van der Waals surface area contributed by atoms with Gasteiger partial charge in [0, 0.05) is 7.11 Å². The van der Waals surface area contributed by atoms with Crippen LogP contribution in [0.3, 0.4) is 0 Å². The summed E-state index contributed by atoms with van der Waals surface area (Å²) in [6.07, 6.45) is 0. The molecule has 0 heterocycles. The van der Waals surface area contributed by atoms with Crippen LogP contribution in [0.25, 0.3) is 0 Å². The highest BCUT2D eigenvalue weighted by Crippen LogP contribution is 1.66. The van der Waals surface area contributed by atoms with Gasteiger partial charge in [-0.3, -0.25) is 0 Å². The fourth-order valence-corrected chi connectivity index (χ4v) is 0. The van der Waals surface area contributed by atoms with Gasteiger partial charge >= 0.3 is 7.12 Å². The normalized spacial score (nSPS) is 7.80. The van der Waals surface area contributed by atoms with Gasteiger partial charge in [-0.15, -0.1) is 0 Å². The van der Waals surface area contributed by atoms with E-state index in [9.17, 15) is 0 Å². The lowest BCUT2D eigenvalue weighted by atomic mass is 9.97. The van der Waals surface area contributed by atoms with Crippen LogP contribution in [0.2, 0.25) is 6.82 Å². The van der Waals surface area contributed by atoms with Crippen molar-refractivity contribution in [3.05, 3.63) is 0 Å². The van der Waals surface area contributed by atoms with E-state index in [0.29, 0.717) is 0 Å². The van der Waals surface area contributed by atoms with Gasteiger partial charge in [0.2, 0.25) is 0 Å². The molecule has 0 aliphatic rings. The van der Waals surface area contributed by atoms with Crippen molar-refractivity contribution in [2.45, 2.75) is 6.82 Å². The summed E-state index contributed by atoms with van der Waals surface area (Å²) < 4.78 is 4.31. The number of rotatable bonds is 1. The Balaban J connectivity index is 2.54. The molecule has 0 unspecified atom stereocenters. The standard InChI is InChI=1S/C2H7BO2/c1-3(4)5-2/h4H,1-2H3. The van der Waals surface area contributed by atoms with E-state index in [-0.39, 0.29) is 0 Å². The zero-order valence-corrected chi connectivity index (χ0v) is 3.43. The van der Waals surface area contributed by atoms with E-state index in [1.54, 1.807) is 6.82 Å². The quantitative estimate of drug-likeness (QED) is 0.434. The molecule has 0 bridgehead atoms. The van der Waals surface area contributed by atoms with E-state index < -0.39 is 7.12 Å². The van der Waals surface area contributed by atoms with Crippen molar-refractivity contribution in [2.75, 3.05) is 7.11 Å². The molecule has 0 saturated carbocycles. The van der Waals surface area contributed by atoms with Crippen LogP contribution in [0.1, 0.15) is 0 Å². The van der Waals surface area contributed by atoms with Crippen molar-refractivity contribution in [1.82, 2.24) is 0 Å². The summed E-state index contributed by atoms with van der Waals surface area (Å²) in [5, 5.41) is 8.14. The summed E-state index contributed by atoms with van der Waals surface area (Å²) in [5.74, 6) is 0. The van der Waals surface area contributed by atoms with Crippen molar-refractivity contribution in [3.63, 3.8) is 0 Å². The fraction of sp³-hybridized carbons (Fsp3) is 1.00. The Morgan fingerprint density at radius 1 is 1.80 bits per heavy atom. The average Bonchev–Trinajstić information content (AvgIpc) is 1.38. The molecular weight excluding hydrogens is 66.8 g/mol. The van der Waals surface area contributed by atoms with Crippen molar-refractivity contribution in [2.24, 2.45) is 0 Å². The molecule has 0 spiro atoms. The van der Waals surface area contributed by atoms with Crippen LogP contribution in [0, 0.1) is 0 Å². The molecule has 0 aromatic heterocycles. The number of hydrogen-bond donors (Lipinski definition) is 1. The molecule has 0 rings (SSSR count). The van der Waals surface area contributed by atoms with Gasteiger partial charge in [0.25, 0.3) is 0 Å². The van der Waals surface area contributed by atoms with Crippen LogP contribution >= 0.6 is 0 Å². The Bertz CT molecular complexity index is 21.6. The molecule has 0 amide bonds. The zero-order valence-electron chi connectivity index (χ0n) is 3.43. The highest BCUT2D eigenvalue weighted by Gasteiger charge is 1.93. The molecule has 5 heavy (non-hydrogen) atoms. The summed E-state index contributed by atoms with van der Waals surface area (Å²) >= 11 is 0. The first-order valence-electron chi connectivity index (χ1n) is 1.48. The maximum atomic E-state index is 8.14. The van der Waals surface area contributed by atoms with Gasteiger partial charge in [0.15, 0.2) is 0 Å². The van der Waals surface area contributed by atoms with Crippen LogP contribution < -0.4 is 0 Å². The second kappa shape index (κ2) is 2.24. The largest absolute Gasteiger partial charge is 0.450 e. The molecule has 0 fully saturated rings. The van der Waals surface area contributed by atoms with Gasteiger partial charge in [0.1, 0.15) is 0 Å². The summed E-state index contributed by atoms with van der Waals surface area (Å²) in [6.45, 7) is 1.56. The van der Waals surface area contributed by atoms with Gasteiger partial charge in [0.05, 0.1) is 0 Å². The monoisotopic (exact) mass is 74.1 g/mol. The molecule has 30 valence electrons. The molecule has 0 aliphatic carbocycles. The lowest BCUT2D eigenvalue weighted by Crippen LogP contribution is -2.07. The highest BCUT2D eigenvalue weighted by molar-refractivity contribution is 6.40. The molecule has 0 aromatic carbocycles. The van der Waals surface area contributed by atoms with E-state index >= 15 is 0 Å². The van der Waals surface area contributed by atoms with Crippen molar-refractivity contribution >= 4 is 7.12 Å². The first-order chi connectivity index (χ1) is 2.27. The molecule has 0 radical (unpaired) electrons. The van der Waals surface area contributed by atoms with E-state index in [1.165, 1.54) is 7.11 Å². The maximum absolute atomic E-state index is 8.14. The smallest absolute Gasteiger partial charge is 0.427 e. The minimum absolute atomic E-state index is 0.616. The van der Waals surface area contributed by atoms with Crippen molar-refractivity contribution in [1.29, 1.82) is 0 Å². The van der Waals surface area contributed by atoms with Gasteiger partial charge < -0.3 is 9.68 Å². The van der Waals surface area contributed by atoms with E-state index in [1.807, 2.05) is 0 Å². The van der Waals surface area contributed by atoms with Gasteiger partial charge in [-0.2, -0.15) is 0 Å². The van der Waals surface area contributed by atoms with Crippen LogP contribution in [-0.2, 0) is 4.65 Å². The fourth-order valence-electron chi connectivity index (χ4n) is 0. The second-order valence-electron chi connectivity index (χ2n) is 0.835. The molecule has 3 heteroatoms. The molecule has 2 nitrogen and oxygen atoms in total. The lowest BCUT2D eigenvalue weighted by molar-refractivity contribution is 0.334. The molecule has 0 aliphatic heterocycles. The maximum Gasteiger partial charge on any atom is 0.450 e. The molecule has 0 aromatic rings. The molecule has 1 N–H and O–H groups in total. The average molecular weight is 73.9 g/mol. The topological polar surface area (TPSA) is 29.5 Å². The van der Waals surface area contributed by atoms with E-state index in [4.69, 9.17) is 5.02 Å². The zero-order chi connectivity index (χ0) is 4.28. The van der Waals surface area contributed by atoms with Gasteiger partial charge in [-0.25, -0.2) is 0 Å². The van der Waals surface area contributed by atoms with Crippen LogP contribution in [0.5, 0.6) is 0 Å². The molecule has 0 saturated heterocycles. The second-order valence-corrected chi connectivity index (χ2v) is 0.835. The van der Waals surface area contributed by atoms with E-state index in [0.717, 1.165) is 0 Å². The Kier molecular flexibility index (Phi) is 2.23. The van der Waals surface area contributed by atoms with Crippen LogP contribution in [0.15, 0.2) is 0 Å². The minimum Gasteiger partial charge on any atom is -0.427 e. The Morgan fingerprint density at radius 2 is 2.00 bits per heavy atom. The molecule has 0 atom stereocenters. The van der Waals surface area contributed by atoms with Crippen LogP contribution in [0.4, 0.5) is 0 Å². The van der Waals surface area contributed by atoms with Crippen molar-refractivity contribution < 1.29 is 9.68 Å². The Labute approximate surface area is 31.9 Å². The first-order valence-corrected chi connectivity index (χ1v) is 1.48.